The van der Waals surface area contributed by atoms with Crippen molar-refractivity contribution in [3.05, 3.63) is 21.4 Å². The molecular weight excluding hydrogens is 238 g/mol. The number of nitrogens with zero attached hydrogens (tertiary/aromatic N) is 1. The first-order valence-electron chi connectivity index (χ1n) is 5.35. The summed E-state index contributed by atoms with van der Waals surface area (Å²) in [6.07, 6.45) is 0.224. The minimum atomic E-state index is -0.303. The van der Waals surface area contributed by atoms with Gasteiger partial charge >= 0.3 is 5.97 Å². The maximum Gasteiger partial charge on any atom is 0.307 e. The zero-order valence-corrected chi connectivity index (χ0v) is 11.4. The molecule has 0 atom stereocenters. The van der Waals surface area contributed by atoms with E-state index in [0.717, 1.165) is 10.4 Å². The Kier molecular flexibility index (Phi) is 4.69. The first kappa shape index (κ1) is 13.7. The molecule has 4 nitrogen and oxygen atoms in total. The normalized spacial score (nSPS) is 10.1. The van der Waals surface area contributed by atoms with E-state index < -0.39 is 0 Å². The van der Waals surface area contributed by atoms with Crippen molar-refractivity contribution in [1.82, 2.24) is 4.90 Å². The van der Waals surface area contributed by atoms with Gasteiger partial charge < -0.3 is 9.64 Å². The quantitative estimate of drug-likeness (QED) is 0.773. The lowest BCUT2D eigenvalue weighted by Gasteiger charge is -2.15. The van der Waals surface area contributed by atoms with E-state index in [4.69, 9.17) is 0 Å². The lowest BCUT2D eigenvalue weighted by atomic mass is 10.2. The molecular formula is C12H17NO3S. The Balaban J connectivity index is 2.60. The smallest absolute Gasteiger partial charge is 0.307 e. The number of thiophene rings is 1. The minimum Gasteiger partial charge on any atom is -0.469 e. The van der Waals surface area contributed by atoms with E-state index >= 15 is 0 Å². The van der Waals surface area contributed by atoms with Crippen LogP contribution in [0.2, 0.25) is 0 Å². The van der Waals surface area contributed by atoms with Crippen molar-refractivity contribution >= 4 is 23.2 Å². The summed E-state index contributed by atoms with van der Waals surface area (Å²) < 4.78 is 4.53. The number of carbonyl (C=O) groups excluding carboxylic acids is 2. The molecule has 17 heavy (non-hydrogen) atoms. The lowest BCUT2D eigenvalue weighted by molar-refractivity contribution is -0.140. The van der Waals surface area contributed by atoms with Gasteiger partial charge in [-0.15, -0.1) is 11.3 Å². The summed E-state index contributed by atoms with van der Waals surface area (Å²) in [4.78, 5) is 26.4. The third kappa shape index (κ3) is 3.56. The molecule has 0 N–H and O–H groups in total. The van der Waals surface area contributed by atoms with E-state index in [1.165, 1.54) is 18.4 Å². The van der Waals surface area contributed by atoms with Gasteiger partial charge in [0.05, 0.1) is 18.4 Å². The van der Waals surface area contributed by atoms with E-state index in [1.807, 2.05) is 19.9 Å². The maximum atomic E-state index is 12.0. The topological polar surface area (TPSA) is 46.6 Å². The second-order valence-electron chi connectivity index (χ2n) is 3.90. The second kappa shape index (κ2) is 5.82. The van der Waals surface area contributed by atoms with Crippen LogP contribution in [0.15, 0.2) is 6.07 Å². The molecule has 1 aromatic rings. The molecule has 1 heterocycles. The van der Waals surface area contributed by atoms with Crippen molar-refractivity contribution in [2.45, 2.75) is 20.3 Å². The van der Waals surface area contributed by atoms with Crippen LogP contribution in [0.1, 0.15) is 26.5 Å². The van der Waals surface area contributed by atoms with Crippen LogP contribution in [0, 0.1) is 13.8 Å². The van der Waals surface area contributed by atoms with Crippen LogP contribution in [-0.4, -0.2) is 37.5 Å². The second-order valence-corrected chi connectivity index (χ2v) is 5.16. The monoisotopic (exact) mass is 255 g/mol. The molecule has 0 aromatic carbocycles. The number of amides is 1. The predicted octanol–water partition coefficient (Wildman–Crippen LogP) is 2.00. The highest BCUT2D eigenvalue weighted by molar-refractivity contribution is 7.14. The van der Waals surface area contributed by atoms with Gasteiger partial charge in [-0.3, -0.25) is 9.59 Å². The Hall–Kier alpha value is -1.36. The summed E-state index contributed by atoms with van der Waals surface area (Å²) in [6, 6.07) is 1.89. The Morgan fingerprint density at radius 2 is 2.06 bits per heavy atom. The summed E-state index contributed by atoms with van der Waals surface area (Å²) in [5.74, 6) is -0.349. The Labute approximate surface area is 105 Å². The first-order chi connectivity index (χ1) is 7.95. The van der Waals surface area contributed by atoms with Crippen molar-refractivity contribution < 1.29 is 14.3 Å². The lowest BCUT2D eigenvalue weighted by Crippen LogP contribution is -2.28. The van der Waals surface area contributed by atoms with Crippen molar-refractivity contribution in [2.24, 2.45) is 0 Å². The van der Waals surface area contributed by atoms with Gasteiger partial charge in [0.1, 0.15) is 0 Å². The first-order valence-corrected chi connectivity index (χ1v) is 6.16. The summed E-state index contributed by atoms with van der Waals surface area (Å²) in [5.41, 5.74) is 1.12. The molecule has 0 spiro atoms. The molecule has 1 amide bonds. The van der Waals surface area contributed by atoms with E-state index in [1.54, 1.807) is 11.9 Å². The molecule has 0 aliphatic carbocycles. The van der Waals surface area contributed by atoms with Gasteiger partial charge in [0.2, 0.25) is 0 Å². The predicted molar refractivity (Wildman–Crippen MR) is 67.4 cm³/mol. The zero-order valence-electron chi connectivity index (χ0n) is 10.6. The molecule has 0 unspecified atom stereocenters. The molecule has 0 bridgehead atoms. The van der Waals surface area contributed by atoms with Crippen LogP contribution in [0.3, 0.4) is 0 Å². The summed E-state index contributed by atoms with van der Waals surface area (Å²) >= 11 is 1.48. The fourth-order valence-corrected chi connectivity index (χ4v) is 2.36. The zero-order chi connectivity index (χ0) is 13.0. The Bertz CT molecular complexity index is 406. The molecule has 0 aliphatic rings. The third-order valence-corrected chi connectivity index (χ3v) is 3.74. The molecule has 0 aliphatic heterocycles. The van der Waals surface area contributed by atoms with E-state index in [2.05, 4.69) is 4.74 Å². The number of hydrogen-bond acceptors (Lipinski definition) is 4. The largest absolute Gasteiger partial charge is 0.469 e. The van der Waals surface area contributed by atoms with E-state index in [9.17, 15) is 9.59 Å². The van der Waals surface area contributed by atoms with E-state index in [-0.39, 0.29) is 18.3 Å². The summed E-state index contributed by atoms with van der Waals surface area (Å²) in [6.45, 7) is 4.35. The number of hydrogen-bond donors (Lipinski definition) is 0. The molecule has 94 valence electrons. The van der Waals surface area contributed by atoms with Crippen LogP contribution < -0.4 is 0 Å². The molecule has 0 fully saturated rings. The fourth-order valence-electron chi connectivity index (χ4n) is 1.33. The van der Waals surface area contributed by atoms with Crippen molar-refractivity contribution in [2.75, 3.05) is 20.7 Å². The number of rotatable bonds is 4. The van der Waals surface area contributed by atoms with Crippen molar-refractivity contribution in [3.63, 3.8) is 0 Å². The number of ether oxygens (including phenoxy) is 1. The average molecular weight is 255 g/mol. The highest BCUT2D eigenvalue weighted by Gasteiger charge is 2.15. The SMILES string of the molecule is COC(=O)CCN(C)C(=O)c1cc(C)c(C)s1. The number of aryl methyl sites for hydroxylation is 2. The Morgan fingerprint density at radius 1 is 1.41 bits per heavy atom. The molecule has 5 heteroatoms. The molecule has 1 aromatic heterocycles. The maximum absolute atomic E-state index is 12.0. The van der Waals surface area contributed by atoms with Gasteiger partial charge in [0, 0.05) is 18.5 Å². The van der Waals surface area contributed by atoms with Crippen LogP contribution in [-0.2, 0) is 9.53 Å². The van der Waals surface area contributed by atoms with Crippen LogP contribution in [0.25, 0.3) is 0 Å². The third-order valence-electron chi connectivity index (χ3n) is 2.60. The van der Waals surface area contributed by atoms with Gasteiger partial charge in [0.15, 0.2) is 0 Å². The van der Waals surface area contributed by atoms with Gasteiger partial charge in [-0.25, -0.2) is 0 Å². The van der Waals surface area contributed by atoms with Crippen LogP contribution >= 0.6 is 11.3 Å². The summed E-state index contributed by atoms with van der Waals surface area (Å²) in [7, 11) is 3.03. The molecule has 0 radical (unpaired) electrons. The highest BCUT2D eigenvalue weighted by atomic mass is 32.1. The molecule has 0 saturated carbocycles. The highest BCUT2D eigenvalue weighted by Crippen LogP contribution is 2.21. The van der Waals surface area contributed by atoms with Gasteiger partial charge in [-0.2, -0.15) is 0 Å². The molecule has 0 saturated heterocycles. The van der Waals surface area contributed by atoms with Gasteiger partial charge in [0.25, 0.3) is 5.91 Å². The standard InChI is InChI=1S/C12H17NO3S/c1-8-7-10(17-9(8)2)12(15)13(3)6-5-11(14)16-4/h7H,5-6H2,1-4H3. The average Bonchev–Trinajstić information content (AvgIpc) is 2.65. The Morgan fingerprint density at radius 3 is 2.53 bits per heavy atom. The summed E-state index contributed by atoms with van der Waals surface area (Å²) in [5, 5.41) is 0. The minimum absolute atomic E-state index is 0.0462. The number of esters is 1. The van der Waals surface area contributed by atoms with Crippen molar-refractivity contribution in [1.29, 1.82) is 0 Å². The van der Waals surface area contributed by atoms with Gasteiger partial charge in [-0.05, 0) is 25.5 Å². The van der Waals surface area contributed by atoms with E-state index in [0.29, 0.717) is 11.4 Å². The van der Waals surface area contributed by atoms with Crippen LogP contribution in [0.5, 0.6) is 0 Å². The fraction of sp³-hybridized carbons (Fsp3) is 0.500. The van der Waals surface area contributed by atoms with Crippen LogP contribution in [0.4, 0.5) is 0 Å². The number of methoxy groups -OCH3 is 1. The number of carbonyl (C=O) groups is 2. The molecule has 1 rings (SSSR count). The van der Waals surface area contributed by atoms with Crippen molar-refractivity contribution in [3.8, 4) is 0 Å². The van der Waals surface area contributed by atoms with Gasteiger partial charge in [-0.1, -0.05) is 0 Å².